The second-order valence-corrected chi connectivity index (χ2v) is 5.93. The molecule has 0 saturated heterocycles. The molecule has 1 heterocycles. The summed E-state index contributed by atoms with van der Waals surface area (Å²) in [6.45, 7) is 0. The number of anilines is 1. The molecule has 118 valence electrons. The number of hydrogen-bond acceptors (Lipinski definition) is 2. The van der Waals surface area contributed by atoms with Gasteiger partial charge < -0.3 is 5.73 Å². The van der Waals surface area contributed by atoms with E-state index in [4.69, 9.17) is 10.7 Å². The summed E-state index contributed by atoms with van der Waals surface area (Å²) >= 11 is 0. The second-order valence-electron chi connectivity index (χ2n) is 5.93. The minimum atomic E-state index is 0.809. The largest absolute Gasteiger partial charge is 0.399 e. The highest BCUT2D eigenvalue weighted by Crippen LogP contribution is 2.22. The van der Waals surface area contributed by atoms with Crippen LogP contribution in [0.5, 0.6) is 0 Å². The van der Waals surface area contributed by atoms with E-state index in [-0.39, 0.29) is 0 Å². The lowest BCUT2D eigenvalue weighted by molar-refractivity contribution is 0.839. The average molecular weight is 313 g/mol. The fourth-order valence-electron chi connectivity index (χ4n) is 3.11. The first kappa shape index (κ1) is 14.5. The highest BCUT2D eigenvalue weighted by atomic mass is 15.1. The van der Waals surface area contributed by atoms with Gasteiger partial charge in [0.25, 0.3) is 0 Å². The van der Waals surface area contributed by atoms with Gasteiger partial charge in [-0.05, 0) is 48.4 Å². The van der Waals surface area contributed by atoms with Gasteiger partial charge in [-0.2, -0.15) is 0 Å². The molecule has 0 amide bonds. The molecule has 24 heavy (non-hydrogen) atoms. The number of nitrogen functional groups attached to an aromatic ring is 1. The maximum absolute atomic E-state index is 5.89. The predicted molar refractivity (Wildman–Crippen MR) is 99.3 cm³/mol. The van der Waals surface area contributed by atoms with Crippen LogP contribution in [0.25, 0.3) is 16.7 Å². The van der Waals surface area contributed by atoms with Crippen molar-refractivity contribution in [2.75, 3.05) is 5.73 Å². The lowest BCUT2D eigenvalue weighted by Crippen LogP contribution is -2.03. The number of nitrogens with two attached hydrogens (primary N) is 1. The first-order valence-corrected chi connectivity index (χ1v) is 8.17. The van der Waals surface area contributed by atoms with Crippen LogP contribution in [-0.4, -0.2) is 9.55 Å². The average Bonchev–Trinajstić information content (AvgIpc) is 2.99. The normalized spacial score (nSPS) is 11.0. The van der Waals surface area contributed by atoms with Crippen LogP contribution in [0.3, 0.4) is 0 Å². The molecule has 0 saturated carbocycles. The van der Waals surface area contributed by atoms with Gasteiger partial charge in [0.15, 0.2) is 0 Å². The third kappa shape index (κ3) is 2.76. The van der Waals surface area contributed by atoms with Crippen LogP contribution in [0.15, 0.2) is 78.9 Å². The summed E-state index contributed by atoms with van der Waals surface area (Å²) in [6.07, 6.45) is 1.79. The molecule has 4 rings (SSSR count). The maximum atomic E-state index is 5.89. The summed E-state index contributed by atoms with van der Waals surface area (Å²) in [5, 5.41) is 0. The van der Waals surface area contributed by atoms with Gasteiger partial charge in [0.2, 0.25) is 0 Å². The Labute approximate surface area is 141 Å². The highest BCUT2D eigenvalue weighted by molar-refractivity contribution is 5.78. The van der Waals surface area contributed by atoms with E-state index in [1.54, 1.807) is 0 Å². The van der Waals surface area contributed by atoms with Crippen molar-refractivity contribution in [2.24, 2.45) is 0 Å². The molecular weight excluding hydrogens is 294 g/mol. The second kappa shape index (κ2) is 6.20. The summed E-state index contributed by atoms with van der Waals surface area (Å²) in [6, 6.07) is 26.8. The Balaban J connectivity index is 1.74. The Hall–Kier alpha value is -3.07. The summed E-state index contributed by atoms with van der Waals surface area (Å²) < 4.78 is 2.25. The van der Waals surface area contributed by atoms with E-state index in [0.717, 1.165) is 41.1 Å². The Morgan fingerprint density at radius 3 is 2.42 bits per heavy atom. The van der Waals surface area contributed by atoms with Crippen LogP contribution >= 0.6 is 0 Å². The summed E-state index contributed by atoms with van der Waals surface area (Å²) in [5.74, 6) is 1.07. The Morgan fingerprint density at radius 1 is 0.792 bits per heavy atom. The van der Waals surface area contributed by atoms with Gasteiger partial charge in [-0.3, -0.25) is 4.57 Å². The van der Waals surface area contributed by atoms with Gasteiger partial charge in [0.1, 0.15) is 5.82 Å². The molecular formula is C21H19N3. The molecule has 0 aliphatic carbocycles. The summed E-state index contributed by atoms with van der Waals surface area (Å²) in [5.41, 5.74) is 11.3. The highest BCUT2D eigenvalue weighted by Gasteiger charge is 2.12. The van der Waals surface area contributed by atoms with Gasteiger partial charge in [-0.25, -0.2) is 4.98 Å². The molecule has 0 aliphatic heterocycles. The quantitative estimate of drug-likeness (QED) is 0.568. The molecule has 1 aromatic heterocycles. The van der Waals surface area contributed by atoms with Crippen molar-refractivity contribution in [3.8, 4) is 5.69 Å². The SMILES string of the molecule is Nc1cccc(CCc2nc3ccccc3n2-c2ccccc2)c1. The molecule has 3 nitrogen and oxygen atoms in total. The molecule has 3 aromatic carbocycles. The molecule has 0 aliphatic rings. The monoisotopic (exact) mass is 313 g/mol. The van der Waals surface area contributed by atoms with Crippen molar-refractivity contribution in [2.45, 2.75) is 12.8 Å². The van der Waals surface area contributed by atoms with E-state index in [9.17, 15) is 0 Å². The van der Waals surface area contributed by atoms with Crippen LogP contribution in [0.2, 0.25) is 0 Å². The van der Waals surface area contributed by atoms with Crippen LogP contribution in [0.4, 0.5) is 5.69 Å². The standard InChI is InChI=1S/C21H19N3/c22-17-8-6-7-16(15-17)13-14-21-23-19-11-4-5-12-20(19)24(21)18-9-2-1-3-10-18/h1-12,15H,13-14,22H2. The zero-order valence-electron chi connectivity index (χ0n) is 13.4. The number of fused-ring (bicyclic) bond motifs is 1. The van der Waals surface area contributed by atoms with Crippen molar-refractivity contribution in [1.82, 2.24) is 9.55 Å². The smallest absolute Gasteiger partial charge is 0.114 e. The predicted octanol–water partition coefficient (Wildman–Crippen LogP) is 4.39. The van der Waals surface area contributed by atoms with Crippen molar-refractivity contribution in [3.63, 3.8) is 0 Å². The summed E-state index contributed by atoms with van der Waals surface area (Å²) in [4.78, 5) is 4.86. The lowest BCUT2D eigenvalue weighted by atomic mass is 10.1. The van der Waals surface area contributed by atoms with Gasteiger partial charge in [0, 0.05) is 17.8 Å². The van der Waals surface area contributed by atoms with E-state index in [2.05, 4.69) is 53.1 Å². The third-order valence-electron chi connectivity index (χ3n) is 4.23. The van der Waals surface area contributed by atoms with E-state index in [1.807, 2.05) is 30.3 Å². The molecule has 0 unspecified atom stereocenters. The number of benzene rings is 3. The molecule has 4 aromatic rings. The number of imidazole rings is 1. The fourth-order valence-corrected chi connectivity index (χ4v) is 3.11. The zero-order valence-corrected chi connectivity index (χ0v) is 13.4. The van der Waals surface area contributed by atoms with E-state index < -0.39 is 0 Å². The van der Waals surface area contributed by atoms with Crippen molar-refractivity contribution in [3.05, 3.63) is 90.3 Å². The Kier molecular flexibility index (Phi) is 3.75. The number of nitrogens with zero attached hydrogens (tertiary/aromatic N) is 2. The van der Waals surface area contributed by atoms with Crippen molar-refractivity contribution in [1.29, 1.82) is 0 Å². The molecule has 3 heteroatoms. The maximum Gasteiger partial charge on any atom is 0.114 e. The first-order chi connectivity index (χ1) is 11.8. The van der Waals surface area contributed by atoms with Crippen molar-refractivity contribution >= 4 is 16.7 Å². The molecule has 0 bridgehead atoms. The van der Waals surface area contributed by atoms with Gasteiger partial charge >= 0.3 is 0 Å². The lowest BCUT2D eigenvalue weighted by Gasteiger charge is -2.09. The van der Waals surface area contributed by atoms with Crippen LogP contribution < -0.4 is 5.73 Å². The number of hydrogen-bond donors (Lipinski definition) is 1. The van der Waals surface area contributed by atoms with Crippen LogP contribution in [0.1, 0.15) is 11.4 Å². The Bertz CT molecular complexity index is 971. The van der Waals surface area contributed by atoms with Gasteiger partial charge in [-0.15, -0.1) is 0 Å². The van der Waals surface area contributed by atoms with Crippen LogP contribution in [0, 0.1) is 0 Å². The van der Waals surface area contributed by atoms with Crippen LogP contribution in [-0.2, 0) is 12.8 Å². The number of rotatable bonds is 4. The molecule has 0 spiro atoms. The van der Waals surface area contributed by atoms with E-state index in [0.29, 0.717) is 0 Å². The van der Waals surface area contributed by atoms with Gasteiger partial charge in [-0.1, -0.05) is 42.5 Å². The topological polar surface area (TPSA) is 43.8 Å². The number of aryl methyl sites for hydroxylation is 2. The molecule has 0 atom stereocenters. The molecule has 2 N–H and O–H groups in total. The van der Waals surface area contributed by atoms with Gasteiger partial charge in [0.05, 0.1) is 11.0 Å². The molecule has 0 radical (unpaired) electrons. The number of para-hydroxylation sites is 3. The Morgan fingerprint density at radius 2 is 1.58 bits per heavy atom. The summed E-state index contributed by atoms with van der Waals surface area (Å²) in [7, 11) is 0. The van der Waals surface area contributed by atoms with E-state index in [1.165, 1.54) is 5.56 Å². The minimum absolute atomic E-state index is 0.809. The van der Waals surface area contributed by atoms with Crippen molar-refractivity contribution < 1.29 is 0 Å². The molecule has 0 fully saturated rings. The fraction of sp³-hybridized carbons (Fsp3) is 0.0952. The first-order valence-electron chi connectivity index (χ1n) is 8.17. The number of aromatic nitrogens is 2. The third-order valence-corrected chi connectivity index (χ3v) is 4.23. The van der Waals surface area contributed by atoms with E-state index >= 15 is 0 Å². The minimum Gasteiger partial charge on any atom is -0.399 e. The zero-order chi connectivity index (χ0) is 16.4.